The van der Waals surface area contributed by atoms with Gasteiger partial charge in [0, 0.05) is 0 Å². The second-order valence-corrected chi connectivity index (χ2v) is 5.20. The van der Waals surface area contributed by atoms with E-state index in [1.807, 2.05) is 6.92 Å². The first-order chi connectivity index (χ1) is 8.31. The van der Waals surface area contributed by atoms with Gasteiger partial charge in [-0.15, -0.1) is 0 Å². The van der Waals surface area contributed by atoms with Crippen molar-refractivity contribution in [3.05, 3.63) is 35.6 Å². The number of aliphatic carboxylic acids is 1. The number of hydrogen-bond donors (Lipinski definition) is 2. The van der Waals surface area contributed by atoms with Gasteiger partial charge in [-0.25, -0.2) is 4.39 Å². The summed E-state index contributed by atoms with van der Waals surface area (Å²) in [6.45, 7) is 3.52. The SMILES string of the molecule is CC(CCc1ccc(F)cc1)CC(C)(N)C(=O)O. The first kappa shape index (κ1) is 14.6. The van der Waals surface area contributed by atoms with E-state index in [1.165, 1.54) is 19.1 Å². The zero-order valence-electron chi connectivity index (χ0n) is 10.8. The third-order valence-corrected chi connectivity index (χ3v) is 3.10. The van der Waals surface area contributed by atoms with Crippen LogP contribution in [0.1, 0.15) is 32.3 Å². The van der Waals surface area contributed by atoms with E-state index in [9.17, 15) is 9.18 Å². The molecule has 0 aromatic heterocycles. The fourth-order valence-corrected chi connectivity index (χ4v) is 1.98. The van der Waals surface area contributed by atoms with E-state index in [2.05, 4.69) is 0 Å². The van der Waals surface area contributed by atoms with Gasteiger partial charge >= 0.3 is 5.97 Å². The minimum Gasteiger partial charge on any atom is -0.480 e. The Morgan fingerprint density at radius 3 is 2.50 bits per heavy atom. The summed E-state index contributed by atoms with van der Waals surface area (Å²) in [6.07, 6.45) is 2.08. The molecule has 2 atom stereocenters. The Bertz CT molecular complexity index is 401. The quantitative estimate of drug-likeness (QED) is 0.819. The molecule has 0 amide bonds. The molecule has 18 heavy (non-hydrogen) atoms. The van der Waals surface area contributed by atoms with Crippen molar-refractivity contribution in [3.8, 4) is 0 Å². The van der Waals surface area contributed by atoms with E-state index < -0.39 is 11.5 Å². The van der Waals surface area contributed by atoms with Crippen LogP contribution >= 0.6 is 0 Å². The predicted molar refractivity (Wildman–Crippen MR) is 68.7 cm³/mol. The van der Waals surface area contributed by atoms with Crippen molar-refractivity contribution in [2.24, 2.45) is 11.7 Å². The highest BCUT2D eigenvalue weighted by Crippen LogP contribution is 2.19. The van der Waals surface area contributed by atoms with Crippen molar-refractivity contribution in [3.63, 3.8) is 0 Å². The van der Waals surface area contributed by atoms with Crippen molar-refractivity contribution in [1.82, 2.24) is 0 Å². The second-order valence-electron chi connectivity index (χ2n) is 5.20. The van der Waals surface area contributed by atoms with E-state index in [-0.39, 0.29) is 11.7 Å². The van der Waals surface area contributed by atoms with Gasteiger partial charge in [-0.2, -0.15) is 0 Å². The lowest BCUT2D eigenvalue weighted by Gasteiger charge is -2.23. The molecule has 0 fully saturated rings. The largest absolute Gasteiger partial charge is 0.480 e. The van der Waals surface area contributed by atoms with Gasteiger partial charge in [0.25, 0.3) is 0 Å². The summed E-state index contributed by atoms with van der Waals surface area (Å²) in [5.41, 5.74) is 5.57. The van der Waals surface area contributed by atoms with Gasteiger partial charge < -0.3 is 10.8 Å². The average molecular weight is 253 g/mol. The topological polar surface area (TPSA) is 63.3 Å². The zero-order chi connectivity index (χ0) is 13.8. The van der Waals surface area contributed by atoms with Crippen LogP contribution in [0.3, 0.4) is 0 Å². The van der Waals surface area contributed by atoms with Crippen molar-refractivity contribution in [2.45, 2.75) is 38.6 Å². The number of nitrogens with two attached hydrogens (primary N) is 1. The molecule has 0 aliphatic heterocycles. The van der Waals surface area contributed by atoms with Gasteiger partial charge in [-0.05, 0) is 49.8 Å². The number of hydrogen-bond acceptors (Lipinski definition) is 2. The van der Waals surface area contributed by atoms with Gasteiger partial charge in [-0.1, -0.05) is 19.1 Å². The highest BCUT2D eigenvalue weighted by Gasteiger charge is 2.29. The summed E-state index contributed by atoms with van der Waals surface area (Å²) in [4.78, 5) is 10.9. The van der Waals surface area contributed by atoms with Crippen molar-refractivity contribution in [1.29, 1.82) is 0 Å². The molecule has 2 unspecified atom stereocenters. The highest BCUT2D eigenvalue weighted by molar-refractivity contribution is 5.77. The molecule has 1 rings (SSSR count). The Morgan fingerprint density at radius 2 is 2.00 bits per heavy atom. The Labute approximate surface area is 107 Å². The molecule has 3 N–H and O–H groups in total. The summed E-state index contributed by atoms with van der Waals surface area (Å²) < 4.78 is 12.7. The lowest BCUT2D eigenvalue weighted by molar-refractivity contribution is -0.143. The first-order valence-electron chi connectivity index (χ1n) is 6.08. The van der Waals surface area contributed by atoms with Gasteiger partial charge in [-0.3, -0.25) is 4.79 Å². The Balaban J connectivity index is 2.44. The molecule has 0 saturated carbocycles. The van der Waals surface area contributed by atoms with E-state index in [1.54, 1.807) is 12.1 Å². The lowest BCUT2D eigenvalue weighted by Crippen LogP contribution is -2.46. The standard InChI is InChI=1S/C14H20FNO2/c1-10(9-14(2,16)13(17)18)3-4-11-5-7-12(15)8-6-11/h5-8,10H,3-4,9,16H2,1-2H3,(H,17,18). The van der Waals surface area contributed by atoms with Gasteiger partial charge in [0.2, 0.25) is 0 Å². The minimum absolute atomic E-state index is 0.209. The maximum absolute atomic E-state index is 12.7. The number of benzene rings is 1. The maximum atomic E-state index is 12.7. The van der Waals surface area contributed by atoms with Crippen LogP contribution in [0.15, 0.2) is 24.3 Å². The molecule has 0 aliphatic rings. The van der Waals surface area contributed by atoms with E-state index in [4.69, 9.17) is 10.8 Å². The normalized spacial score (nSPS) is 16.0. The molecule has 0 radical (unpaired) electrons. The maximum Gasteiger partial charge on any atom is 0.323 e. The smallest absolute Gasteiger partial charge is 0.323 e. The number of aryl methyl sites for hydroxylation is 1. The van der Waals surface area contributed by atoms with E-state index in [0.717, 1.165) is 18.4 Å². The molecule has 0 heterocycles. The van der Waals surface area contributed by atoms with Gasteiger partial charge in [0.15, 0.2) is 0 Å². The molecule has 0 saturated heterocycles. The number of carbonyl (C=O) groups is 1. The highest BCUT2D eigenvalue weighted by atomic mass is 19.1. The average Bonchev–Trinajstić information content (AvgIpc) is 2.27. The van der Waals surface area contributed by atoms with Gasteiger partial charge in [0.1, 0.15) is 11.4 Å². The van der Waals surface area contributed by atoms with E-state index in [0.29, 0.717) is 6.42 Å². The molecule has 3 nitrogen and oxygen atoms in total. The lowest BCUT2D eigenvalue weighted by atomic mass is 9.87. The fraction of sp³-hybridized carbons (Fsp3) is 0.500. The summed E-state index contributed by atoms with van der Waals surface area (Å²) in [6, 6.07) is 6.37. The van der Waals surface area contributed by atoms with Crippen LogP contribution in [-0.2, 0) is 11.2 Å². The molecular weight excluding hydrogens is 233 g/mol. The second kappa shape index (κ2) is 5.96. The van der Waals surface area contributed by atoms with Gasteiger partial charge in [0.05, 0.1) is 0 Å². The van der Waals surface area contributed by atoms with Crippen LogP contribution in [0.25, 0.3) is 0 Å². The Morgan fingerprint density at radius 1 is 1.44 bits per heavy atom. The molecule has 4 heteroatoms. The molecule has 1 aromatic rings. The van der Waals surface area contributed by atoms with Crippen molar-refractivity contribution in [2.75, 3.05) is 0 Å². The van der Waals surface area contributed by atoms with Crippen LogP contribution in [0, 0.1) is 11.7 Å². The molecule has 100 valence electrons. The summed E-state index contributed by atoms with van der Waals surface area (Å²) in [7, 11) is 0. The molecular formula is C14H20FNO2. The molecule has 0 bridgehead atoms. The molecule has 1 aromatic carbocycles. The summed E-state index contributed by atoms with van der Waals surface area (Å²) >= 11 is 0. The Kier molecular flexibility index (Phi) is 4.84. The molecule has 0 spiro atoms. The van der Waals surface area contributed by atoms with Crippen LogP contribution in [0.2, 0.25) is 0 Å². The zero-order valence-corrected chi connectivity index (χ0v) is 10.8. The van der Waals surface area contributed by atoms with Crippen LogP contribution in [0.5, 0.6) is 0 Å². The summed E-state index contributed by atoms with van der Waals surface area (Å²) in [5, 5.41) is 8.94. The number of halogens is 1. The van der Waals surface area contributed by atoms with Crippen LogP contribution in [0.4, 0.5) is 4.39 Å². The third kappa shape index (κ3) is 4.45. The van der Waals surface area contributed by atoms with Crippen molar-refractivity contribution < 1.29 is 14.3 Å². The Hall–Kier alpha value is -1.42. The predicted octanol–water partition coefficient (Wildman–Crippen LogP) is 2.59. The monoisotopic (exact) mass is 253 g/mol. The number of rotatable bonds is 6. The third-order valence-electron chi connectivity index (χ3n) is 3.10. The minimum atomic E-state index is -1.18. The molecule has 0 aliphatic carbocycles. The number of carboxylic acid groups (broad SMARTS) is 1. The van der Waals surface area contributed by atoms with Crippen molar-refractivity contribution >= 4 is 5.97 Å². The summed E-state index contributed by atoms with van der Waals surface area (Å²) in [5.74, 6) is -1.01. The van der Waals surface area contributed by atoms with E-state index >= 15 is 0 Å². The van der Waals surface area contributed by atoms with Crippen LogP contribution < -0.4 is 5.73 Å². The van der Waals surface area contributed by atoms with Crippen LogP contribution in [-0.4, -0.2) is 16.6 Å². The first-order valence-corrected chi connectivity index (χ1v) is 6.08. The number of carboxylic acids is 1. The fourth-order valence-electron chi connectivity index (χ4n) is 1.98.